The van der Waals surface area contributed by atoms with Crippen molar-refractivity contribution in [2.24, 2.45) is 0 Å². The standard InChI is InChI=1S/C23H27N3O3/c1-28-20-9-5-8-19-16-21(29-22(19)20)23(27)24-10-11-25-12-14-26(15-13-25)17-18-6-3-2-4-7-18/h2-9,16H,10-15,17H2,1H3,(H,24,27). The van der Waals surface area contributed by atoms with Gasteiger partial charge in [0.05, 0.1) is 7.11 Å². The highest BCUT2D eigenvalue weighted by Gasteiger charge is 2.18. The second kappa shape index (κ2) is 9.11. The van der Waals surface area contributed by atoms with E-state index in [-0.39, 0.29) is 5.91 Å². The molecule has 1 aromatic heterocycles. The smallest absolute Gasteiger partial charge is 0.287 e. The van der Waals surface area contributed by atoms with Crippen LogP contribution in [0.3, 0.4) is 0 Å². The molecule has 1 fully saturated rings. The summed E-state index contributed by atoms with van der Waals surface area (Å²) in [6, 6.07) is 18.0. The maximum Gasteiger partial charge on any atom is 0.287 e. The molecule has 0 saturated carbocycles. The summed E-state index contributed by atoms with van der Waals surface area (Å²) in [6.07, 6.45) is 0. The Kier molecular flexibility index (Phi) is 6.12. The molecular formula is C23H27N3O3. The highest BCUT2D eigenvalue weighted by atomic mass is 16.5. The summed E-state index contributed by atoms with van der Waals surface area (Å²) < 4.78 is 11.0. The maximum atomic E-state index is 12.4. The van der Waals surface area contributed by atoms with Gasteiger partial charge in [-0.25, -0.2) is 0 Å². The third-order valence-electron chi connectivity index (χ3n) is 5.38. The minimum Gasteiger partial charge on any atom is -0.493 e. The number of benzene rings is 2. The minimum absolute atomic E-state index is 0.189. The molecule has 1 aliphatic heterocycles. The van der Waals surface area contributed by atoms with Crippen molar-refractivity contribution in [3.63, 3.8) is 0 Å². The predicted molar refractivity (Wildman–Crippen MR) is 113 cm³/mol. The molecule has 4 rings (SSSR count). The first kappa shape index (κ1) is 19.5. The Labute approximate surface area is 171 Å². The zero-order chi connectivity index (χ0) is 20.1. The number of hydrogen-bond acceptors (Lipinski definition) is 5. The fourth-order valence-corrected chi connectivity index (χ4v) is 3.74. The Morgan fingerprint density at radius 3 is 2.55 bits per heavy atom. The molecule has 0 radical (unpaired) electrons. The van der Waals surface area contributed by atoms with Crippen molar-refractivity contribution in [2.75, 3.05) is 46.4 Å². The summed E-state index contributed by atoms with van der Waals surface area (Å²) in [5.41, 5.74) is 1.96. The largest absolute Gasteiger partial charge is 0.493 e. The van der Waals surface area contributed by atoms with Gasteiger partial charge >= 0.3 is 0 Å². The van der Waals surface area contributed by atoms with Crippen LogP contribution in [0.1, 0.15) is 16.1 Å². The van der Waals surface area contributed by atoms with E-state index < -0.39 is 0 Å². The lowest BCUT2D eigenvalue weighted by Gasteiger charge is -2.34. The van der Waals surface area contributed by atoms with Crippen LogP contribution in [0.2, 0.25) is 0 Å². The summed E-state index contributed by atoms with van der Waals surface area (Å²) >= 11 is 0. The monoisotopic (exact) mass is 393 g/mol. The second-order valence-corrected chi connectivity index (χ2v) is 7.35. The SMILES string of the molecule is COc1cccc2cc(C(=O)NCCN3CCN(Cc4ccccc4)CC3)oc12. The van der Waals surface area contributed by atoms with Gasteiger partial charge in [-0.15, -0.1) is 0 Å². The molecule has 1 N–H and O–H groups in total. The van der Waals surface area contributed by atoms with Crippen LogP contribution < -0.4 is 10.1 Å². The van der Waals surface area contributed by atoms with Crippen LogP contribution >= 0.6 is 0 Å². The number of hydrogen-bond donors (Lipinski definition) is 1. The lowest BCUT2D eigenvalue weighted by molar-refractivity contribution is 0.0909. The first-order valence-corrected chi connectivity index (χ1v) is 10.1. The summed E-state index contributed by atoms with van der Waals surface area (Å²) in [5.74, 6) is 0.762. The normalized spacial score (nSPS) is 15.5. The number of nitrogens with zero attached hydrogens (tertiary/aromatic N) is 2. The van der Waals surface area contributed by atoms with Gasteiger partial charge in [-0.3, -0.25) is 14.6 Å². The molecule has 3 aromatic rings. The van der Waals surface area contributed by atoms with Gasteiger partial charge in [0, 0.05) is 51.2 Å². The molecule has 0 aliphatic carbocycles. The number of fused-ring (bicyclic) bond motifs is 1. The van der Waals surface area contributed by atoms with E-state index in [1.807, 2.05) is 18.2 Å². The van der Waals surface area contributed by atoms with Gasteiger partial charge < -0.3 is 14.5 Å². The molecule has 1 saturated heterocycles. The Morgan fingerprint density at radius 2 is 1.79 bits per heavy atom. The molecule has 0 atom stereocenters. The molecule has 0 bridgehead atoms. The Bertz CT molecular complexity index is 946. The van der Waals surface area contributed by atoms with Crippen molar-refractivity contribution in [3.8, 4) is 5.75 Å². The number of carbonyl (C=O) groups is 1. The Morgan fingerprint density at radius 1 is 1.03 bits per heavy atom. The molecule has 0 spiro atoms. The van der Waals surface area contributed by atoms with E-state index in [9.17, 15) is 4.79 Å². The fraction of sp³-hybridized carbons (Fsp3) is 0.348. The van der Waals surface area contributed by atoms with E-state index >= 15 is 0 Å². The maximum absolute atomic E-state index is 12.4. The number of rotatable bonds is 7. The first-order valence-electron chi connectivity index (χ1n) is 10.1. The number of furan rings is 1. The molecule has 0 unspecified atom stereocenters. The summed E-state index contributed by atoms with van der Waals surface area (Å²) in [7, 11) is 1.59. The molecule has 2 heterocycles. The zero-order valence-electron chi connectivity index (χ0n) is 16.8. The highest BCUT2D eigenvalue weighted by molar-refractivity contribution is 5.97. The third kappa shape index (κ3) is 4.78. The zero-order valence-corrected chi connectivity index (χ0v) is 16.8. The van der Waals surface area contributed by atoms with Gasteiger partial charge in [0.1, 0.15) is 0 Å². The van der Waals surface area contributed by atoms with E-state index in [0.29, 0.717) is 23.6 Å². The van der Waals surface area contributed by atoms with Crippen molar-refractivity contribution >= 4 is 16.9 Å². The van der Waals surface area contributed by atoms with E-state index in [2.05, 4.69) is 45.4 Å². The number of para-hydroxylation sites is 1. The molecule has 1 amide bonds. The van der Waals surface area contributed by atoms with Crippen molar-refractivity contribution in [3.05, 3.63) is 65.9 Å². The van der Waals surface area contributed by atoms with Gasteiger partial charge in [0.25, 0.3) is 5.91 Å². The lowest BCUT2D eigenvalue weighted by atomic mass is 10.2. The van der Waals surface area contributed by atoms with Crippen molar-refractivity contribution in [2.45, 2.75) is 6.54 Å². The topological polar surface area (TPSA) is 58.0 Å². The van der Waals surface area contributed by atoms with Crippen LogP contribution in [0.15, 0.2) is 59.0 Å². The lowest BCUT2D eigenvalue weighted by Crippen LogP contribution is -2.48. The van der Waals surface area contributed by atoms with E-state index in [4.69, 9.17) is 9.15 Å². The molecular weight excluding hydrogens is 366 g/mol. The third-order valence-corrected chi connectivity index (χ3v) is 5.38. The Hall–Kier alpha value is -2.83. The number of piperazine rings is 1. The van der Waals surface area contributed by atoms with Crippen LogP contribution in [-0.2, 0) is 6.54 Å². The van der Waals surface area contributed by atoms with E-state index in [1.165, 1.54) is 5.56 Å². The minimum atomic E-state index is -0.189. The molecule has 1 aliphatic rings. The van der Waals surface area contributed by atoms with Crippen molar-refractivity contribution in [1.29, 1.82) is 0 Å². The van der Waals surface area contributed by atoms with Gasteiger partial charge in [-0.2, -0.15) is 0 Å². The average molecular weight is 393 g/mol. The first-order chi connectivity index (χ1) is 14.2. The quantitative estimate of drug-likeness (QED) is 0.669. The van der Waals surface area contributed by atoms with Crippen LogP contribution in [-0.4, -0.2) is 62.1 Å². The summed E-state index contributed by atoms with van der Waals surface area (Å²) in [6.45, 7) is 6.58. The number of amides is 1. The molecule has 6 nitrogen and oxygen atoms in total. The summed E-state index contributed by atoms with van der Waals surface area (Å²) in [4.78, 5) is 17.3. The highest BCUT2D eigenvalue weighted by Crippen LogP contribution is 2.28. The molecule has 6 heteroatoms. The van der Waals surface area contributed by atoms with E-state index in [1.54, 1.807) is 13.2 Å². The molecule has 2 aromatic carbocycles. The van der Waals surface area contributed by atoms with Crippen LogP contribution in [0.4, 0.5) is 0 Å². The van der Waals surface area contributed by atoms with Gasteiger partial charge in [0.2, 0.25) is 0 Å². The van der Waals surface area contributed by atoms with Crippen molar-refractivity contribution in [1.82, 2.24) is 15.1 Å². The van der Waals surface area contributed by atoms with Crippen LogP contribution in [0.5, 0.6) is 5.75 Å². The van der Waals surface area contributed by atoms with Crippen LogP contribution in [0, 0.1) is 0 Å². The number of carbonyl (C=O) groups excluding carboxylic acids is 1. The fourth-order valence-electron chi connectivity index (χ4n) is 3.74. The van der Waals surface area contributed by atoms with Gasteiger partial charge in [-0.05, 0) is 17.7 Å². The average Bonchev–Trinajstić information content (AvgIpc) is 3.20. The second-order valence-electron chi connectivity index (χ2n) is 7.35. The Balaban J connectivity index is 1.22. The number of methoxy groups -OCH3 is 1. The number of ether oxygens (including phenoxy) is 1. The number of nitrogens with one attached hydrogen (secondary N) is 1. The van der Waals surface area contributed by atoms with Crippen molar-refractivity contribution < 1.29 is 13.9 Å². The van der Waals surface area contributed by atoms with Gasteiger partial charge in [0.15, 0.2) is 17.1 Å². The molecule has 29 heavy (non-hydrogen) atoms. The summed E-state index contributed by atoms with van der Waals surface area (Å²) in [5, 5.41) is 3.83. The van der Waals surface area contributed by atoms with E-state index in [0.717, 1.165) is 44.7 Å². The predicted octanol–water partition coefficient (Wildman–Crippen LogP) is 2.99. The van der Waals surface area contributed by atoms with Crippen LogP contribution in [0.25, 0.3) is 11.0 Å². The molecule has 152 valence electrons. The van der Waals surface area contributed by atoms with Gasteiger partial charge in [-0.1, -0.05) is 42.5 Å².